The van der Waals surface area contributed by atoms with E-state index in [2.05, 4.69) is 5.32 Å². The van der Waals surface area contributed by atoms with E-state index in [0.29, 0.717) is 10.7 Å². The van der Waals surface area contributed by atoms with E-state index in [1.54, 1.807) is 43.5 Å². The number of carbonyl (C=O) groups is 1. The number of anilines is 1. The minimum Gasteiger partial charge on any atom is -0.323 e. The summed E-state index contributed by atoms with van der Waals surface area (Å²) < 4.78 is 1.40. The maximum Gasteiger partial charge on any atom is 0.251 e. The normalized spacial score (nSPS) is 11.9. The molecule has 0 aliphatic heterocycles. The minimum atomic E-state index is -0.612. The van der Waals surface area contributed by atoms with Crippen molar-refractivity contribution in [2.45, 2.75) is 19.9 Å². The smallest absolute Gasteiger partial charge is 0.251 e. The van der Waals surface area contributed by atoms with Gasteiger partial charge in [-0.15, -0.1) is 0 Å². The van der Waals surface area contributed by atoms with Crippen LogP contribution in [0.3, 0.4) is 0 Å². The van der Waals surface area contributed by atoms with Gasteiger partial charge in [-0.2, -0.15) is 0 Å². The summed E-state index contributed by atoms with van der Waals surface area (Å²) in [4.78, 5) is 24.0. The van der Waals surface area contributed by atoms with Gasteiger partial charge >= 0.3 is 0 Å². The number of rotatable bonds is 3. The number of benzene rings is 1. The average Bonchev–Trinajstić information content (AvgIpc) is 2.43. The molecule has 104 valence electrons. The molecule has 1 unspecified atom stereocenters. The van der Waals surface area contributed by atoms with Gasteiger partial charge in [0.05, 0.1) is 10.7 Å². The molecule has 1 N–H and O–H groups in total. The molecule has 5 heteroatoms. The molecule has 0 aliphatic rings. The van der Waals surface area contributed by atoms with Crippen LogP contribution in [0.1, 0.15) is 18.5 Å². The van der Waals surface area contributed by atoms with E-state index >= 15 is 0 Å². The number of para-hydroxylation sites is 1. The number of hydrogen-bond acceptors (Lipinski definition) is 2. The zero-order chi connectivity index (χ0) is 14.7. The Hall–Kier alpha value is -2.07. The highest BCUT2D eigenvalue weighted by atomic mass is 35.5. The van der Waals surface area contributed by atoms with Gasteiger partial charge in [0, 0.05) is 12.3 Å². The summed E-state index contributed by atoms with van der Waals surface area (Å²) in [6, 6.07) is 9.54. The molecular formula is C15H15ClN2O2. The molecule has 0 saturated heterocycles. The lowest BCUT2D eigenvalue weighted by molar-refractivity contribution is -0.118. The van der Waals surface area contributed by atoms with E-state index < -0.39 is 6.04 Å². The lowest BCUT2D eigenvalue weighted by Crippen LogP contribution is -2.31. The molecule has 1 aromatic heterocycles. The molecule has 1 atom stereocenters. The molecule has 1 aromatic carbocycles. The zero-order valence-electron chi connectivity index (χ0n) is 11.3. The Bertz CT molecular complexity index is 694. The van der Waals surface area contributed by atoms with Crippen LogP contribution in [-0.4, -0.2) is 10.5 Å². The van der Waals surface area contributed by atoms with Crippen LogP contribution in [0.4, 0.5) is 5.69 Å². The van der Waals surface area contributed by atoms with Crippen LogP contribution in [0, 0.1) is 6.92 Å². The second-order valence-corrected chi connectivity index (χ2v) is 5.00. The number of aromatic nitrogens is 1. The SMILES string of the molecule is Cc1ccc(=O)n(C(C)C(=O)Nc2ccccc2Cl)c1. The Kier molecular flexibility index (Phi) is 4.25. The fourth-order valence-corrected chi connectivity index (χ4v) is 2.03. The number of halogens is 1. The fourth-order valence-electron chi connectivity index (χ4n) is 1.84. The second-order valence-electron chi connectivity index (χ2n) is 4.60. The first-order valence-corrected chi connectivity index (χ1v) is 6.61. The third-order valence-corrected chi connectivity index (χ3v) is 3.34. The monoisotopic (exact) mass is 290 g/mol. The number of nitrogens with one attached hydrogen (secondary N) is 1. The van der Waals surface area contributed by atoms with Crippen LogP contribution in [0.15, 0.2) is 47.4 Å². The summed E-state index contributed by atoms with van der Waals surface area (Å²) in [6.07, 6.45) is 1.67. The molecule has 0 spiro atoms. The van der Waals surface area contributed by atoms with Crippen LogP contribution in [0.25, 0.3) is 0 Å². The minimum absolute atomic E-state index is 0.211. The molecule has 2 rings (SSSR count). The third kappa shape index (κ3) is 3.08. The molecule has 0 saturated carbocycles. The largest absolute Gasteiger partial charge is 0.323 e. The third-order valence-electron chi connectivity index (χ3n) is 3.01. The maximum atomic E-state index is 12.2. The number of carbonyl (C=O) groups excluding carboxylic acids is 1. The van der Waals surface area contributed by atoms with Crippen molar-refractivity contribution in [3.8, 4) is 0 Å². The van der Waals surface area contributed by atoms with Gasteiger partial charge in [-0.25, -0.2) is 0 Å². The highest BCUT2D eigenvalue weighted by molar-refractivity contribution is 6.33. The lowest BCUT2D eigenvalue weighted by Gasteiger charge is -2.16. The molecule has 2 aromatic rings. The predicted octanol–water partition coefficient (Wildman–Crippen LogP) is 3.01. The van der Waals surface area contributed by atoms with Gasteiger partial charge in [0.15, 0.2) is 0 Å². The Labute approximate surface area is 122 Å². The maximum absolute atomic E-state index is 12.2. The van der Waals surface area contributed by atoms with E-state index in [0.717, 1.165) is 5.56 Å². The van der Waals surface area contributed by atoms with Gasteiger partial charge in [-0.3, -0.25) is 9.59 Å². The highest BCUT2D eigenvalue weighted by Crippen LogP contribution is 2.21. The van der Waals surface area contributed by atoms with Gasteiger partial charge in [-0.1, -0.05) is 29.8 Å². The van der Waals surface area contributed by atoms with E-state index in [1.165, 1.54) is 10.6 Å². The Morgan fingerprint density at radius 3 is 2.65 bits per heavy atom. The molecule has 4 nitrogen and oxygen atoms in total. The van der Waals surface area contributed by atoms with Gasteiger partial charge in [0.25, 0.3) is 5.56 Å². The highest BCUT2D eigenvalue weighted by Gasteiger charge is 2.16. The van der Waals surface area contributed by atoms with Crippen LogP contribution >= 0.6 is 11.6 Å². The summed E-state index contributed by atoms with van der Waals surface area (Å²) in [7, 11) is 0. The molecule has 0 aliphatic carbocycles. The average molecular weight is 291 g/mol. The van der Waals surface area contributed by atoms with Gasteiger partial charge in [-0.05, 0) is 31.5 Å². The first-order chi connectivity index (χ1) is 9.49. The van der Waals surface area contributed by atoms with Gasteiger partial charge < -0.3 is 9.88 Å². The first kappa shape index (κ1) is 14.3. The predicted molar refractivity (Wildman–Crippen MR) is 80.2 cm³/mol. The summed E-state index contributed by atoms with van der Waals surface area (Å²) in [5.74, 6) is -0.286. The van der Waals surface area contributed by atoms with Gasteiger partial charge in [0.1, 0.15) is 6.04 Å². The zero-order valence-corrected chi connectivity index (χ0v) is 12.0. The van der Waals surface area contributed by atoms with E-state index in [1.807, 2.05) is 6.92 Å². The van der Waals surface area contributed by atoms with Crippen LogP contribution < -0.4 is 10.9 Å². The molecule has 20 heavy (non-hydrogen) atoms. The van der Waals surface area contributed by atoms with Crippen molar-refractivity contribution in [1.29, 1.82) is 0 Å². The van der Waals surface area contributed by atoms with Gasteiger partial charge in [0.2, 0.25) is 5.91 Å². The Balaban J connectivity index is 2.23. The van der Waals surface area contributed by atoms with Crippen molar-refractivity contribution < 1.29 is 4.79 Å². The van der Waals surface area contributed by atoms with Crippen molar-refractivity contribution in [2.75, 3.05) is 5.32 Å². The Morgan fingerprint density at radius 1 is 1.25 bits per heavy atom. The first-order valence-electron chi connectivity index (χ1n) is 6.23. The molecule has 1 heterocycles. The fraction of sp³-hybridized carbons (Fsp3) is 0.200. The summed E-state index contributed by atoms with van der Waals surface area (Å²) in [6.45, 7) is 3.54. The van der Waals surface area contributed by atoms with Crippen LogP contribution in [0.2, 0.25) is 5.02 Å². The van der Waals surface area contributed by atoms with E-state index in [4.69, 9.17) is 11.6 Å². The topological polar surface area (TPSA) is 51.1 Å². The van der Waals surface area contributed by atoms with Crippen molar-refractivity contribution in [2.24, 2.45) is 0 Å². The van der Waals surface area contributed by atoms with Crippen LogP contribution in [-0.2, 0) is 4.79 Å². The standard InChI is InChI=1S/C15H15ClN2O2/c1-10-7-8-14(19)18(9-10)11(2)15(20)17-13-6-4-3-5-12(13)16/h3-9,11H,1-2H3,(H,17,20). The summed E-state index contributed by atoms with van der Waals surface area (Å²) >= 11 is 5.99. The number of pyridine rings is 1. The molecule has 1 amide bonds. The lowest BCUT2D eigenvalue weighted by atomic mass is 10.2. The summed E-state index contributed by atoms with van der Waals surface area (Å²) in [5.41, 5.74) is 1.24. The van der Waals surface area contributed by atoms with Crippen molar-refractivity contribution in [3.05, 3.63) is 63.5 Å². The summed E-state index contributed by atoms with van der Waals surface area (Å²) in [5, 5.41) is 3.19. The molecule has 0 fully saturated rings. The van der Waals surface area contributed by atoms with Crippen LogP contribution in [0.5, 0.6) is 0 Å². The number of aryl methyl sites for hydroxylation is 1. The van der Waals surface area contributed by atoms with Crippen molar-refractivity contribution in [1.82, 2.24) is 4.57 Å². The van der Waals surface area contributed by atoms with E-state index in [9.17, 15) is 9.59 Å². The molecular weight excluding hydrogens is 276 g/mol. The number of amides is 1. The van der Waals surface area contributed by atoms with E-state index in [-0.39, 0.29) is 11.5 Å². The Morgan fingerprint density at radius 2 is 1.95 bits per heavy atom. The molecule has 0 radical (unpaired) electrons. The second kappa shape index (κ2) is 5.92. The van der Waals surface area contributed by atoms with Crippen molar-refractivity contribution in [3.63, 3.8) is 0 Å². The molecule has 0 bridgehead atoms. The number of hydrogen-bond donors (Lipinski definition) is 1. The number of nitrogens with zero attached hydrogens (tertiary/aromatic N) is 1. The van der Waals surface area contributed by atoms with Crippen molar-refractivity contribution >= 4 is 23.2 Å². The quantitative estimate of drug-likeness (QED) is 0.945.